The molecular formula is C25H22ClN5O3. The third kappa shape index (κ3) is 4.50. The number of halogens is 1. The van der Waals surface area contributed by atoms with Crippen LogP contribution in [0.15, 0.2) is 83.3 Å². The van der Waals surface area contributed by atoms with E-state index >= 15 is 0 Å². The maximum Gasteiger partial charge on any atom is 0.269 e. The summed E-state index contributed by atoms with van der Waals surface area (Å²) in [7, 11) is 0. The summed E-state index contributed by atoms with van der Waals surface area (Å²) < 4.78 is 6.14. The van der Waals surface area contributed by atoms with Crippen LogP contribution in [0.5, 0.6) is 0 Å². The Kier molecular flexibility index (Phi) is 6.24. The Morgan fingerprint density at radius 3 is 2.24 bits per heavy atom. The van der Waals surface area contributed by atoms with Gasteiger partial charge >= 0.3 is 0 Å². The SMILES string of the molecule is O=[N+]([O-])c1ccc(N2CCN([C@@H](c3nnc(-c4ccccc4)o3)c3ccccc3Cl)CC2)cc1. The second-order valence-electron chi connectivity index (χ2n) is 8.03. The Hall–Kier alpha value is -3.75. The molecule has 2 heterocycles. The number of nitro benzene ring substituents is 1. The molecule has 0 unspecified atom stereocenters. The fraction of sp³-hybridized carbons (Fsp3) is 0.200. The van der Waals surface area contributed by atoms with E-state index in [0.29, 0.717) is 16.8 Å². The standard InChI is InChI=1S/C25H22ClN5O3/c26-22-9-5-4-8-21(22)23(25-28-27-24(34-25)18-6-2-1-3-7-18)30-16-14-29(15-17-30)19-10-12-20(13-11-19)31(32)33/h1-13,23H,14-17H2/t23-/m1/s1. The number of benzene rings is 3. The number of non-ortho nitro benzene ring substituents is 1. The normalized spacial score (nSPS) is 15.3. The Morgan fingerprint density at radius 1 is 0.882 bits per heavy atom. The number of rotatable bonds is 6. The zero-order valence-electron chi connectivity index (χ0n) is 18.3. The molecule has 1 aliphatic heterocycles. The molecule has 0 N–H and O–H groups in total. The van der Waals surface area contributed by atoms with Gasteiger partial charge in [-0.3, -0.25) is 15.0 Å². The van der Waals surface area contributed by atoms with Crippen molar-refractivity contribution in [2.75, 3.05) is 31.1 Å². The molecule has 4 aromatic rings. The molecule has 1 fully saturated rings. The topological polar surface area (TPSA) is 88.5 Å². The van der Waals surface area contributed by atoms with Gasteiger partial charge < -0.3 is 9.32 Å². The number of hydrogen-bond acceptors (Lipinski definition) is 7. The molecule has 0 radical (unpaired) electrons. The van der Waals surface area contributed by atoms with Crippen LogP contribution in [-0.4, -0.2) is 46.2 Å². The largest absolute Gasteiger partial charge is 0.419 e. The summed E-state index contributed by atoms with van der Waals surface area (Å²) >= 11 is 6.59. The molecule has 0 bridgehead atoms. The lowest BCUT2D eigenvalue weighted by molar-refractivity contribution is -0.384. The minimum Gasteiger partial charge on any atom is -0.419 e. The van der Waals surface area contributed by atoms with Gasteiger partial charge in [-0.15, -0.1) is 10.2 Å². The minimum atomic E-state index is -0.385. The monoisotopic (exact) mass is 475 g/mol. The third-order valence-electron chi connectivity index (χ3n) is 6.00. The van der Waals surface area contributed by atoms with Gasteiger partial charge in [0.2, 0.25) is 11.8 Å². The van der Waals surface area contributed by atoms with Gasteiger partial charge in [0.25, 0.3) is 5.69 Å². The third-order valence-corrected chi connectivity index (χ3v) is 6.34. The van der Waals surface area contributed by atoms with Crippen molar-refractivity contribution in [2.45, 2.75) is 6.04 Å². The number of nitro groups is 1. The number of hydrogen-bond donors (Lipinski definition) is 0. The summed E-state index contributed by atoms with van der Waals surface area (Å²) in [6.45, 7) is 2.96. The Morgan fingerprint density at radius 2 is 1.56 bits per heavy atom. The Bertz CT molecular complexity index is 1270. The molecule has 0 aliphatic carbocycles. The van der Waals surface area contributed by atoms with Crippen molar-refractivity contribution < 1.29 is 9.34 Å². The highest BCUT2D eigenvalue weighted by molar-refractivity contribution is 6.31. The van der Waals surface area contributed by atoms with E-state index < -0.39 is 0 Å². The van der Waals surface area contributed by atoms with Crippen LogP contribution in [0, 0.1) is 10.1 Å². The first-order valence-electron chi connectivity index (χ1n) is 11.0. The molecule has 172 valence electrons. The van der Waals surface area contributed by atoms with Gasteiger partial charge in [0, 0.05) is 54.6 Å². The van der Waals surface area contributed by atoms with E-state index in [2.05, 4.69) is 20.0 Å². The quantitative estimate of drug-likeness (QED) is 0.279. The van der Waals surface area contributed by atoms with E-state index in [-0.39, 0.29) is 16.7 Å². The smallest absolute Gasteiger partial charge is 0.269 e. The molecule has 0 amide bonds. The molecule has 9 heteroatoms. The van der Waals surface area contributed by atoms with Crippen molar-refractivity contribution in [3.05, 3.63) is 105 Å². The van der Waals surface area contributed by atoms with E-state index in [4.69, 9.17) is 16.0 Å². The maximum absolute atomic E-state index is 11.0. The zero-order chi connectivity index (χ0) is 23.5. The summed E-state index contributed by atoms with van der Waals surface area (Å²) in [6, 6.07) is 23.8. The van der Waals surface area contributed by atoms with Crippen LogP contribution in [0.25, 0.3) is 11.5 Å². The Balaban J connectivity index is 1.39. The molecule has 1 atom stereocenters. The van der Waals surface area contributed by atoms with E-state index in [1.54, 1.807) is 12.1 Å². The number of piperazine rings is 1. The predicted octanol–water partition coefficient (Wildman–Crippen LogP) is 5.21. The number of anilines is 1. The maximum atomic E-state index is 11.0. The molecule has 1 aromatic heterocycles. The predicted molar refractivity (Wildman–Crippen MR) is 130 cm³/mol. The lowest BCUT2D eigenvalue weighted by atomic mass is 10.0. The van der Waals surface area contributed by atoms with Gasteiger partial charge in [0.15, 0.2) is 0 Å². The summed E-state index contributed by atoms with van der Waals surface area (Å²) in [5.41, 5.74) is 2.83. The fourth-order valence-electron chi connectivity index (χ4n) is 4.25. The first-order chi connectivity index (χ1) is 16.6. The van der Waals surface area contributed by atoms with Gasteiger partial charge in [0.05, 0.1) is 4.92 Å². The van der Waals surface area contributed by atoms with Gasteiger partial charge in [-0.05, 0) is 35.9 Å². The van der Waals surface area contributed by atoms with Crippen molar-refractivity contribution >= 4 is 23.0 Å². The molecular weight excluding hydrogens is 454 g/mol. The summed E-state index contributed by atoms with van der Waals surface area (Å²) in [4.78, 5) is 15.1. The second kappa shape index (κ2) is 9.62. The molecule has 1 aliphatic rings. The highest BCUT2D eigenvalue weighted by Gasteiger charge is 2.32. The molecule has 3 aromatic carbocycles. The van der Waals surface area contributed by atoms with Gasteiger partial charge in [0.1, 0.15) is 6.04 Å². The lowest BCUT2D eigenvalue weighted by Gasteiger charge is -2.39. The van der Waals surface area contributed by atoms with Crippen LogP contribution in [0.2, 0.25) is 5.02 Å². The molecule has 0 spiro atoms. The molecule has 0 saturated carbocycles. The number of nitrogens with zero attached hydrogens (tertiary/aromatic N) is 5. The zero-order valence-corrected chi connectivity index (χ0v) is 19.0. The minimum absolute atomic E-state index is 0.0896. The molecule has 1 saturated heterocycles. The van der Waals surface area contributed by atoms with E-state index in [9.17, 15) is 10.1 Å². The van der Waals surface area contributed by atoms with Crippen molar-refractivity contribution in [3.63, 3.8) is 0 Å². The van der Waals surface area contributed by atoms with Crippen molar-refractivity contribution in [2.24, 2.45) is 0 Å². The average Bonchev–Trinajstić information content (AvgIpc) is 3.36. The number of aromatic nitrogens is 2. The molecule has 8 nitrogen and oxygen atoms in total. The average molecular weight is 476 g/mol. The van der Waals surface area contributed by atoms with Crippen molar-refractivity contribution in [3.8, 4) is 11.5 Å². The van der Waals surface area contributed by atoms with Crippen LogP contribution < -0.4 is 4.90 Å². The molecule has 5 rings (SSSR count). The second-order valence-corrected chi connectivity index (χ2v) is 8.44. The van der Waals surface area contributed by atoms with E-state index in [1.165, 1.54) is 12.1 Å². The van der Waals surface area contributed by atoms with Crippen LogP contribution in [0.4, 0.5) is 11.4 Å². The van der Waals surface area contributed by atoms with Gasteiger partial charge in [-0.1, -0.05) is 48.0 Å². The van der Waals surface area contributed by atoms with Crippen LogP contribution in [-0.2, 0) is 0 Å². The highest BCUT2D eigenvalue weighted by atomic mass is 35.5. The fourth-order valence-corrected chi connectivity index (χ4v) is 4.49. The van der Waals surface area contributed by atoms with Crippen LogP contribution in [0.3, 0.4) is 0 Å². The van der Waals surface area contributed by atoms with E-state index in [1.807, 2.05) is 54.6 Å². The van der Waals surface area contributed by atoms with Crippen LogP contribution in [0.1, 0.15) is 17.5 Å². The van der Waals surface area contributed by atoms with Crippen molar-refractivity contribution in [1.82, 2.24) is 15.1 Å². The van der Waals surface area contributed by atoms with Gasteiger partial charge in [-0.25, -0.2) is 0 Å². The summed E-state index contributed by atoms with van der Waals surface area (Å²) in [5.74, 6) is 0.966. The van der Waals surface area contributed by atoms with E-state index in [0.717, 1.165) is 43.0 Å². The lowest BCUT2D eigenvalue weighted by Crippen LogP contribution is -2.48. The Labute approximate surface area is 201 Å². The molecule has 34 heavy (non-hydrogen) atoms. The van der Waals surface area contributed by atoms with Crippen molar-refractivity contribution in [1.29, 1.82) is 0 Å². The van der Waals surface area contributed by atoms with Crippen LogP contribution >= 0.6 is 11.6 Å². The highest BCUT2D eigenvalue weighted by Crippen LogP contribution is 2.35. The van der Waals surface area contributed by atoms with Gasteiger partial charge in [-0.2, -0.15) is 0 Å². The first kappa shape index (κ1) is 22.1. The summed E-state index contributed by atoms with van der Waals surface area (Å²) in [5, 5.41) is 20.3. The summed E-state index contributed by atoms with van der Waals surface area (Å²) in [6.07, 6.45) is 0. The first-order valence-corrected chi connectivity index (χ1v) is 11.3.